The van der Waals surface area contributed by atoms with E-state index in [4.69, 9.17) is 14.3 Å². The summed E-state index contributed by atoms with van der Waals surface area (Å²) in [4.78, 5) is 6.13. The fourth-order valence-electron chi connectivity index (χ4n) is 6.41. The maximum absolute atomic E-state index is 6.13. The van der Waals surface area contributed by atoms with Crippen molar-refractivity contribution in [1.29, 1.82) is 0 Å². The van der Waals surface area contributed by atoms with Gasteiger partial charge in [-0.2, -0.15) is 0 Å². The van der Waals surface area contributed by atoms with Crippen LogP contribution in [0.3, 0.4) is 0 Å². The molecule has 4 nitrogen and oxygen atoms in total. The van der Waals surface area contributed by atoms with Crippen LogP contribution in [0.15, 0.2) is 5.16 Å². The van der Waals surface area contributed by atoms with Gasteiger partial charge in [-0.1, -0.05) is 199 Å². The molecule has 0 aromatic carbocycles. The van der Waals surface area contributed by atoms with Crippen LogP contribution in [0, 0.1) is 0 Å². The van der Waals surface area contributed by atoms with Gasteiger partial charge in [0.05, 0.1) is 25.5 Å². The Labute approximate surface area is 290 Å². The first-order valence-corrected chi connectivity index (χ1v) is 21.0. The Balaban J connectivity index is 3.99. The summed E-state index contributed by atoms with van der Waals surface area (Å²) in [6.45, 7) is 8.65. The summed E-state index contributed by atoms with van der Waals surface area (Å²) in [7, 11) is 1.71. The van der Waals surface area contributed by atoms with Gasteiger partial charge in [0.15, 0.2) is 0 Å². The summed E-state index contributed by atoms with van der Waals surface area (Å²) in [5.41, 5.74) is 1.04. The number of rotatable bonds is 40. The molecule has 0 aromatic heterocycles. The molecule has 0 aliphatic carbocycles. The van der Waals surface area contributed by atoms with Crippen molar-refractivity contribution in [1.82, 2.24) is 0 Å². The van der Waals surface area contributed by atoms with Crippen LogP contribution in [-0.2, 0) is 14.3 Å². The van der Waals surface area contributed by atoms with Crippen molar-refractivity contribution in [2.45, 2.75) is 239 Å². The molecule has 276 valence electrons. The van der Waals surface area contributed by atoms with Crippen molar-refractivity contribution in [2.75, 3.05) is 26.9 Å². The SMILES string of the molecule is CCCCCCCCCCCCCCCCCC(CCCCCCCCCCCCCCCCC)O/N=C(\C)CCOCCOC. The first-order valence-electron chi connectivity index (χ1n) is 21.0. The molecule has 46 heavy (non-hydrogen) atoms. The lowest BCUT2D eigenvalue weighted by Gasteiger charge is -2.16. The summed E-state index contributed by atoms with van der Waals surface area (Å²) >= 11 is 0. The zero-order chi connectivity index (χ0) is 33.4. The summed E-state index contributed by atoms with van der Waals surface area (Å²) in [5.74, 6) is 0. The number of unbranched alkanes of at least 4 members (excludes halogenated alkanes) is 28. The highest BCUT2D eigenvalue weighted by Crippen LogP contribution is 2.19. The standard InChI is InChI=1S/C42H85NO3/c1-5-7-9-11-13-15-17-19-21-23-25-27-29-31-33-35-42(46-43-41(3)37-38-45-40-39-44-4)36-34-32-30-28-26-24-22-20-18-16-14-12-10-8-6-2/h42H,5-40H2,1-4H3/b43-41+. The molecule has 0 bridgehead atoms. The number of methoxy groups -OCH3 is 1. The molecule has 0 aliphatic heterocycles. The van der Waals surface area contributed by atoms with Gasteiger partial charge >= 0.3 is 0 Å². The topological polar surface area (TPSA) is 40.0 Å². The Hall–Kier alpha value is -0.610. The van der Waals surface area contributed by atoms with E-state index in [0.29, 0.717) is 19.8 Å². The highest BCUT2D eigenvalue weighted by Gasteiger charge is 2.10. The van der Waals surface area contributed by atoms with E-state index in [0.717, 1.165) is 25.0 Å². The minimum absolute atomic E-state index is 0.272. The zero-order valence-electron chi connectivity index (χ0n) is 32.2. The Morgan fingerprint density at radius 1 is 0.435 bits per heavy atom. The normalized spacial score (nSPS) is 12.1. The maximum atomic E-state index is 6.13. The Morgan fingerprint density at radius 3 is 1.09 bits per heavy atom. The lowest BCUT2D eigenvalue weighted by molar-refractivity contribution is 0.0413. The largest absolute Gasteiger partial charge is 0.393 e. The van der Waals surface area contributed by atoms with E-state index < -0.39 is 0 Å². The lowest BCUT2D eigenvalue weighted by atomic mass is 10.0. The highest BCUT2D eigenvalue weighted by molar-refractivity contribution is 5.81. The van der Waals surface area contributed by atoms with E-state index in [9.17, 15) is 0 Å². The van der Waals surface area contributed by atoms with Gasteiger partial charge in [-0.15, -0.1) is 0 Å². The molecule has 0 rings (SSSR count). The molecule has 4 heteroatoms. The third-order valence-corrected chi connectivity index (χ3v) is 9.66. The average molecular weight is 652 g/mol. The molecule has 0 unspecified atom stereocenters. The Morgan fingerprint density at radius 2 is 0.761 bits per heavy atom. The fraction of sp³-hybridized carbons (Fsp3) is 0.976. The number of hydrogen-bond acceptors (Lipinski definition) is 4. The van der Waals surface area contributed by atoms with Gasteiger partial charge in [-0.3, -0.25) is 0 Å². The Kier molecular flexibility index (Phi) is 40.0. The molecule has 0 aliphatic rings. The van der Waals surface area contributed by atoms with E-state index in [1.807, 2.05) is 0 Å². The monoisotopic (exact) mass is 652 g/mol. The quantitative estimate of drug-likeness (QED) is 0.0376. The lowest BCUT2D eigenvalue weighted by Crippen LogP contribution is -2.12. The highest BCUT2D eigenvalue weighted by atomic mass is 16.6. The second-order valence-corrected chi connectivity index (χ2v) is 14.4. The van der Waals surface area contributed by atoms with Crippen molar-refractivity contribution >= 4 is 5.71 Å². The fourth-order valence-corrected chi connectivity index (χ4v) is 6.41. The van der Waals surface area contributed by atoms with Gasteiger partial charge in [0.1, 0.15) is 6.10 Å². The average Bonchev–Trinajstić information content (AvgIpc) is 3.06. The molecule has 0 heterocycles. The van der Waals surface area contributed by atoms with Crippen LogP contribution in [0.4, 0.5) is 0 Å². The van der Waals surface area contributed by atoms with Crippen LogP contribution >= 0.6 is 0 Å². The van der Waals surface area contributed by atoms with E-state index in [1.54, 1.807) is 7.11 Å². The number of oxime groups is 1. The van der Waals surface area contributed by atoms with Crippen molar-refractivity contribution < 1.29 is 14.3 Å². The van der Waals surface area contributed by atoms with Crippen LogP contribution in [0.25, 0.3) is 0 Å². The smallest absolute Gasteiger partial charge is 0.127 e. The van der Waals surface area contributed by atoms with Gasteiger partial charge in [-0.05, 0) is 32.6 Å². The maximum Gasteiger partial charge on any atom is 0.127 e. The second kappa shape index (κ2) is 40.6. The van der Waals surface area contributed by atoms with Gasteiger partial charge in [0.2, 0.25) is 0 Å². The minimum Gasteiger partial charge on any atom is -0.393 e. The van der Waals surface area contributed by atoms with E-state index in [1.165, 1.54) is 193 Å². The molecule has 0 amide bonds. The van der Waals surface area contributed by atoms with Gasteiger partial charge in [0.25, 0.3) is 0 Å². The van der Waals surface area contributed by atoms with E-state index in [2.05, 4.69) is 25.9 Å². The third kappa shape index (κ3) is 37.8. The van der Waals surface area contributed by atoms with Crippen LogP contribution < -0.4 is 0 Å². The molecular formula is C42H85NO3. The predicted octanol–water partition coefficient (Wildman–Crippen LogP) is 14.3. The molecule has 0 spiro atoms. The molecule has 0 saturated carbocycles. The van der Waals surface area contributed by atoms with Crippen molar-refractivity contribution in [3.8, 4) is 0 Å². The predicted molar refractivity (Wildman–Crippen MR) is 204 cm³/mol. The first-order chi connectivity index (χ1) is 22.7. The molecule has 0 radical (unpaired) electrons. The summed E-state index contributed by atoms with van der Waals surface area (Å²) in [5, 5.41) is 4.52. The van der Waals surface area contributed by atoms with Crippen molar-refractivity contribution in [3.05, 3.63) is 0 Å². The molecule has 0 saturated heterocycles. The number of ether oxygens (including phenoxy) is 2. The zero-order valence-corrected chi connectivity index (χ0v) is 32.2. The van der Waals surface area contributed by atoms with Crippen LogP contribution in [-0.4, -0.2) is 38.7 Å². The van der Waals surface area contributed by atoms with Crippen LogP contribution in [0.1, 0.15) is 233 Å². The summed E-state index contributed by atoms with van der Waals surface area (Å²) < 4.78 is 10.7. The molecule has 0 N–H and O–H groups in total. The van der Waals surface area contributed by atoms with Gasteiger partial charge in [-0.25, -0.2) is 0 Å². The van der Waals surface area contributed by atoms with Crippen LogP contribution in [0.5, 0.6) is 0 Å². The second-order valence-electron chi connectivity index (χ2n) is 14.4. The molecule has 0 fully saturated rings. The Bertz CT molecular complexity index is 547. The van der Waals surface area contributed by atoms with Crippen LogP contribution in [0.2, 0.25) is 0 Å². The van der Waals surface area contributed by atoms with E-state index in [-0.39, 0.29) is 6.10 Å². The first kappa shape index (κ1) is 45.4. The number of hydrogen-bond donors (Lipinski definition) is 0. The summed E-state index contributed by atoms with van der Waals surface area (Å²) in [6, 6.07) is 0. The third-order valence-electron chi connectivity index (χ3n) is 9.66. The van der Waals surface area contributed by atoms with E-state index >= 15 is 0 Å². The molecular weight excluding hydrogens is 566 g/mol. The van der Waals surface area contributed by atoms with Gasteiger partial charge < -0.3 is 14.3 Å². The number of nitrogens with zero attached hydrogens (tertiary/aromatic N) is 1. The minimum atomic E-state index is 0.272. The summed E-state index contributed by atoms with van der Waals surface area (Å²) in [6.07, 6.45) is 45.8. The molecule has 0 atom stereocenters. The molecule has 0 aromatic rings. The van der Waals surface area contributed by atoms with Crippen molar-refractivity contribution in [2.24, 2.45) is 5.16 Å². The van der Waals surface area contributed by atoms with Crippen molar-refractivity contribution in [3.63, 3.8) is 0 Å². The van der Waals surface area contributed by atoms with Gasteiger partial charge in [0, 0.05) is 13.5 Å².